The van der Waals surface area contributed by atoms with Gasteiger partial charge in [0.2, 0.25) is 0 Å². The topological polar surface area (TPSA) is 52.4 Å². The van der Waals surface area contributed by atoms with Gasteiger partial charge in [0.05, 0.1) is 17.1 Å². The smallest absolute Gasteiger partial charge is 0.275 e. The van der Waals surface area contributed by atoms with Crippen molar-refractivity contribution in [1.29, 1.82) is 0 Å². The zero-order valence-corrected chi connectivity index (χ0v) is 10.8. The summed E-state index contributed by atoms with van der Waals surface area (Å²) in [5, 5.41) is 11.5. The van der Waals surface area contributed by atoms with Crippen LogP contribution in [0.1, 0.15) is 11.1 Å². The van der Waals surface area contributed by atoms with E-state index in [-0.39, 0.29) is 12.3 Å². The van der Waals surface area contributed by atoms with Gasteiger partial charge in [-0.05, 0) is 23.9 Å². The molecular weight excluding hydrogens is 316 g/mol. The van der Waals surface area contributed by atoms with Gasteiger partial charge in [-0.25, -0.2) is 0 Å². The van der Waals surface area contributed by atoms with E-state index in [1.807, 2.05) is 6.92 Å². The van der Waals surface area contributed by atoms with Gasteiger partial charge in [0.1, 0.15) is 23.0 Å². The normalized spacial score (nSPS) is 10.2. The van der Waals surface area contributed by atoms with Crippen molar-refractivity contribution in [2.45, 2.75) is 13.5 Å². The molecule has 0 bridgehead atoms. The van der Waals surface area contributed by atoms with Gasteiger partial charge < -0.3 is 3.07 Å². The van der Waals surface area contributed by atoms with E-state index in [1.54, 1.807) is 35.1 Å². The molecule has 1 atom stereocenters. The maximum absolute atomic E-state index is 10.7. The highest BCUT2D eigenvalue weighted by atomic mass is 127. The maximum atomic E-state index is 10.7. The average molecular weight is 325 g/mol. The van der Waals surface area contributed by atoms with E-state index in [4.69, 9.17) is 3.07 Å². The van der Waals surface area contributed by atoms with Crippen molar-refractivity contribution < 1.29 is 7.99 Å². The van der Waals surface area contributed by atoms with Crippen LogP contribution in [0.15, 0.2) is 12.1 Å². The molecule has 0 aliphatic heterocycles. The van der Waals surface area contributed by atoms with Crippen LogP contribution in [0.25, 0.3) is 0 Å². The lowest BCUT2D eigenvalue weighted by Gasteiger charge is -2.04. The molecule has 0 heterocycles. The molecule has 4 nitrogen and oxygen atoms in total. The zero-order valence-electron chi connectivity index (χ0n) is 7.49. The molecular formula is C8H9INO3P. The Hall–Kier alpha value is -0.260. The minimum absolute atomic E-state index is 0.109. The molecule has 1 unspecified atom stereocenters. The van der Waals surface area contributed by atoms with Crippen LogP contribution in [0.4, 0.5) is 5.69 Å². The highest BCUT2D eigenvalue weighted by molar-refractivity contribution is 14.1. The molecule has 0 radical (unpaired) electrons. The second-order valence-corrected chi connectivity index (χ2v) is 4.09. The number of hydrogen-bond donors (Lipinski definition) is 0. The Balaban J connectivity index is 3.24. The molecule has 1 aromatic carbocycles. The van der Waals surface area contributed by atoms with Crippen molar-refractivity contribution in [1.82, 2.24) is 0 Å². The van der Waals surface area contributed by atoms with Crippen LogP contribution < -0.4 is 5.30 Å². The quantitative estimate of drug-likeness (QED) is 0.371. The van der Waals surface area contributed by atoms with E-state index < -0.39 is 4.92 Å². The highest BCUT2D eigenvalue weighted by Crippen LogP contribution is 2.21. The van der Waals surface area contributed by atoms with Crippen LogP contribution in [0.3, 0.4) is 0 Å². The number of rotatable bonds is 3. The molecule has 1 aromatic rings. The molecule has 0 saturated heterocycles. The third-order valence-electron chi connectivity index (χ3n) is 1.87. The Morgan fingerprint density at radius 3 is 2.79 bits per heavy atom. The molecule has 0 aliphatic rings. The van der Waals surface area contributed by atoms with E-state index >= 15 is 0 Å². The highest BCUT2D eigenvalue weighted by Gasteiger charge is 2.15. The Morgan fingerprint density at radius 1 is 1.64 bits per heavy atom. The summed E-state index contributed by atoms with van der Waals surface area (Å²) in [6.07, 6.45) is 0. The van der Waals surface area contributed by atoms with Crippen LogP contribution in [0.5, 0.6) is 0 Å². The Kier molecular flexibility index (Phi) is 4.22. The first-order valence-electron chi connectivity index (χ1n) is 3.83. The minimum Gasteiger partial charge on any atom is -0.311 e. The Labute approximate surface area is 98.1 Å². The second kappa shape index (κ2) is 5.00. The fraction of sp³-hybridized carbons (Fsp3) is 0.250. The lowest BCUT2D eigenvalue weighted by atomic mass is 10.1. The molecule has 0 N–H and O–H groups in total. The summed E-state index contributed by atoms with van der Waals surface area (Å²) in [6, 6.07) is 3.32. The molecule has 6 heteroatoms. The number of aryl methyl sites for hydroxylation is 1. The zero-order chi connectivity index (χ0) is 10.7. The van der Waals surface area contributed by atoms with Crippen molar-refractivity contribution in [3.05, 3.63) is 33.4 Å². The summed E-state index contributed by atoms with van der Waals surface area (Å²) in [5.74, 6) is 0. The molecule has 14 heavy (non-hydrogen) atoms. The Morgan fingerprint density at radius 2 is 2.29 bits per heavy atom. The minimum atomic E-state index is -0.391. The molecule has 0 spiro atoms. The fourth-order valence-corrected chi connectivity index (χ4v) is 1.69. The predicted octanol–water partition coefficient (Wildman–Crippen LogP) is 2.27. The van der Waals surface area contributed by atoms with Crippen molar-refractivity contribution in [3.8, 4) is 0 Å². The van der Waals surface area contributed by atoms with E-state index in [0.29, 0.717) is 5.56 Å². The number of hydrogen-bond acceptors (Lipinski definition) is 3. The van der Waals surface area contributed by atoms with Crippen LogP contribution in [0, 0.1) is 17.0 Å². The monoisotopic (exact) mass is 325 g/mol. The summed E-state index contributed by atoms with van der Waals surface area (Å²) >= 11 is 1.72. The molecule has 0 amide bonds. The maximum Gasteiger partial charge on any atom is 0.275 e. The van der Waals surface area contributed by atoms with Gasteiger partial charge in [-0.1, -0.05) is 0 Å². The van der Waals surface area contributed by atoms with Crippen molar-refractivity contribution in [3.63, 3.8) is 0 Å². The predicted molar refractivity (Wildman–Crippen MR) is 66.0 cm³/mol. The van der Waals surface area contributed by atoms with Crippen LogP contribution in [-0.4, -0.2) is 4.92 Å². The number of nitro benzene ring substituents is 1. The molecule has 0 aliphatic carbocycles. The summed E-state index contributed by atoms with van der Waals surface area (Å²) in [5.41, 5.74) is 1.72. The molecule has 0 aromatic heterocycles. The SMILES string of the molecule is Cc1cc(COI)c([N+](=O)[O-])cc1P. The standard InChI is InChI=1S/C8H9INO3P/c1-5-2-6(4-13-9)7(10(11)12)3-8(5)14/h2-3H,4,14H2,1H3. The van der Waals surface area contributed by atoms with Gasteiger partial charge in [-0.2, -0.15) is 0 Å². The number of benzene rings is 1. The van der Waals surface area contributed by atoms with E-state index in [9.17, 15) is 10.1 Å². The van der Waals surface area contributed by atoms with Gasteiger partial charge in [0.15, 0.2) is 0 Å². The largest absolute Gasteiger partial charge is 0.311 e. The van der Waals surface area contributed by atoms with Crippen molar-refractivity contribution in [2.75, 3.05) is 0 Å². The summed E-state index contributed by atoms with van der Waals surface area (Å²) < 4.78 is 4.87. The van der Waals surface area contributed by atoms with Gasteiger partial charge >= 0.3 is 0 Å². The Bertz CT molecular complexity index is 370. The molecule has 1 rings (SSSR count). The van der Waals surface area contributed by atoms with Crippen molar-refractivity contribution in [2.24, 2.45) is 0 Å². The average Bonchev–Trinajstić information content (AvgIpc) is 2.11. The van der Waals surface area contributed by atoms with E-state index in [1.165, 1.54) is 0 Å². The number of nitro groups is 1. The number of nitrogens with zero attached hydrogens (tertiary/aromatic N) is 1. The molecule has 76 valence electrons. The molecule has 0 saturated carbocycles. The lowest BCUT2D eigenvalue weighted by Crippen LogP contribution is -2.04. The van der Waals surface area contributed by atoms with Gasteiger partial charge in [0.25, 0.3) is 5.69 Å². The fourth-order valence-electron chi connectivity index (χ4n) is 1.12. The van der Waals surface area contributed by atoms with Crippen LogP contribution in [0.2, 0.25) is 0 Å². The second-order valence-electron chi connectivity index (χ2n) is 2.85. The van der Waals surface area contributed by atoms with Crippen LogP contribution in [-0.2, 0) is 9.67 Å². The van der Waals surface area contributed by atoms with Crippen molar-refractivity contribution >= 4 is 43.2 Å². The first-order chi connectivity index (χ1) is 6.56. The third kappa shape index (κ3) is 2.62. The van der Waals surface area contributed by atoms with E-state index in [2.05, 4.69) is 9.24 Å². The van der Waals surface area contributed by atoms with Gasteiger partial charge in [-0.3, -0.25) is 10.1 Å². The first-order valence-corrected chi connectivity index (χ1v) is 5.29. The van der Waals surface area contributed by atoms with E-state index in [0.717, 1.165) is 10.9 Å². The lowest BCUT2D eigenvalue weighted by molar-refractivity contribution is -0.385. The number of halogens is 1. The van der Waals surface area contributed by atoms with Crippen LogP contribution >= 0.6 is 32.2 Å². The van der Waals surface area contributed by atoms with Gasteiger partial charge in [0, 0.05) is 6.07 Å². The molecule has 0 fully saturated rings. The van der Waals surface area contributed by atoms with Gasteiger partial charge in [-0.15, -0.1) is 9.24 Å². The third-order valence-corrected chi connectivity index (χ3v) is 2.81. The summed E-state index contributed by atoms with van der Waals surface area (Å²) in [7, 11) is 2.48. The first kappa shape index (κ1) is 11.8. The summed E-state index contributed by atoms with van der Waals surface area (Å²) in [4.78, 5) is 10.3. The summed E-state index contributed by atoms with van der Waals surface area (Å²) in [6.45, 7) is 2.16.